The van der Waals surface area contributed by atoms with Crippen LogP contribution in [0.1, 0.15) is 18.4 Å². The largest absolute Gasteiger partial charge is 0.486 e. The average molecular weight is 419 g/mol. The molecular formula is C18H18ClF3N2O4. The highest BCUT2D eigenvalue weighted by atomic mass is 35.5. The summed E-state index contributed by atoms with van der Waals surface area (Å²) >= 11 is 6.15. The predicted octanol–water partition coefficient (Wildman–Crippen LogP) is 2.79. The summed E-state index contributed by atoms with van der Waals surface area (Å²) in [6.45, 7) is -0.337. The van der Waals surface area contributed by atoms with E-state index in [0.717, 1.165) is 0 Å². The molecule has 1 N–H and O–H groups in total. The third-order valence-corrected chi connectivity index (χ3v) is 4.62. The molecule has 0 spiro atoms. The van der Waals surface area contributed by atoms with Crippen molar-refractivity contribution in [2.45, 2.75) is 25.1 Å². The smallest absolute Gasteiger partial charge is 0.405 e. The highest BCUT2D eigenvalue weighted by Gasteiger charge is 2.35. The van der Waals surface area contributed by atoms with Gasteiger partial charge in [0, 0.05) is 12.6 Å². The van der Waals surface area contributed by atoms with Gasteiger partial charge >= 0.3 is 6.18 Å². The maximum Gasteiger partial charge on any atom is 0.405 e. The number of rotatable bonds is 4. The van der Waals surface area contributed by atoms with E-state index in [2.05, 4.69) is 0 Å². The van der Waals surface area contributed by atoms with E-state index < -0.39 is 30.6 Å². The van der Waals surface area contributed by atoms with Gasteiger partial charge in [-0.1, -0.05) is 11.6 Å². The Bertz CT molecular complexity index is 798. The van der Waals surface area contributed by atoms with E-state index in [0.29, 0.717) is 54.7 Å². The molecule has 2 amide bonds. The number of hydrogen-bond acceptors (Lipinski definition) is 4. The van der Waals surface area contributed by atoms with Gasteiger partial charge < -0.3 is 19.7 Å². The Labute approximate surface area is 164 Å². The molecule has 2 heterocycles. The SMILES string of the molecule is O=C(NCC(F)(F)F)C1CCCN1C(=O)C=Cc1cc(Cl)c2c(c1)OCCO2. The van der Waals surface area contributed by atoms with E-state index >= 15 is 0 Å². The van der Waals surface area contributed by atoms with Crippen molar-refractivity contribution in [2.75, 3.05) is 26.3 Å². The van der Waals surface area contributed by atoms with Crippen molar-refractivity contribution in [1.29, 1.82) is 0 Å². The number of ether oxygens (including phenoxy) is 2. The molecule has 1 fully saturated rings. The second-order valence-electron chi connectivity index (χ2n) is 6.38. The second kappa shape index (κ2) is 8.30. The normalized spacial score (nSPS) is 19.1. The molecule has 1 aromatic carbocycles. The number of likely N-dealkylation sites (tertiary alicyclic amines) is 1. The zero-order chi connectivity index (χ0) is 20.3. The minimum absolute atomic E-state index is 0.301. The van der Waals surface area contributed by atoms with E-state index in [-0.39, 0.29) is 0 Å². The number of carbonyl (C=O) groups is 2. The van der Waals surface area contributed by atoms with Crippen LogP contribution >= 0.6 is 11.6 Å². The van der Waals surface area contributed by atoms with Gasteiger partial charge in [-0.3, -0.25) is 9.59 Å². The molecule has 0 aromatic heterocycles. The average Bonchev–Trinajstić information content (AvgIpc) is 3.13. The molecule has 0 saturated carbocycles. The van der Waals surface area contributed by atoms with Crippen LogP contribution in [-0.4, -0.2) is 55.2 Å². The van der Waals surface area contributed by atoms with Gasteiger partial charge in [0.05, 0.1) is 5.02 Å². The summed E-state index contributed by atoms with van der Waals surface area (Å²) in [5.41, 5.74) is 0.597. The lowest BCUT2D eigenvalue weighted by Crippen LogP contribution is -2.47. The lowest BCUT2D eigenvalue weighted by atomic mass is 10.1. The summed E-state index contributed by atoms with van der Waals surface area (Å²) in [5.74, 6) is -0.358. The number of nitrogens with one attached hydrogen (secondary N) is 1. The molecule has 6 nitrogen and oxygen atoms in total. The number of amides is 2. The summed E-state index contributed by atoms with van der Waals surface area (Å²) in [4.78, 5) is 25.7. The number of hydrogen-bond donors (Lipinski definition) is 1. The van der Waals surface area contributed by atoms with Gasteiger partial charge in [0.1, 0.15) is 25.8 Å². The van der Waals surface area contributed by atoms with Crippen LogP contribution in [0.25, 0.3) is 6.08 Å². The fourth-order valence-electron chi connectivity index (χ4n) is 3.10. The van der Waals surface area contributed by atoms with Crippen molar-refractivity contribution in [3.05, 3.63) is 28.8 Å². The molecule has 2 aliphatic heterocycles. The van der Waals surface area contributed by atoms with Crippen molar-refractivity contribution >= 4 is 29.5 Å². The summed E-state index contributed by atoms with van der Waals surface area (Å²) in [6, 6.07) is 2.36. The fraction of sp³-hybridized carbons (Fsp3) is 0.444. The van der Waals surface area contributed by atoms with Gasteiger partial charge in [0.25, 0.3) is 0 Å². The molecule has 0 aliphatic carbocycles. The standard InChI is InChI=1S/C18H18ClF3N2O4/c19-12-8-11(9-14-16(12)28-7-6-27-14)3-4-15(25)24-5-1-2-13(24)17(26)23-10-18(20,21)22/h3-4,8-9,13H,1-2,5-7,10H2,(H,23,26). The van der Waals surface area contributed by atoms with E-state index in [1.807, 2.05) is 5.32 Å². The number of halogens is 4. The summed E-state index contributed by atoms with van der Waals surface area (Å²) in [7, 11) is 0. The van der Waals surface area contributed by atoms with Gasteiger partial charge in [-0.15, -0.1) is 0 Å². The monoisotopic (exact) mass is 418 g/mol. The van der Waals surface area contributed by atoms with Crippen LogP contribution in [0.15, 0.2) is 18.2 Å². The van der Waals surface area contributed by atoms with Crippen LogP contribution in [0.3, 0.4) is 0 Å². The quantitative estimate of drug-likeness (QED) is 0.763. The summed E-state index contributed by atoms with van der Waals surface area (Å²) in [6.07, 6.45) is -0.869. The van der Waals surface area contributed by atoms with Crippen LogP contribution in [0.5, 0.6) is 11.5 Å². The molecule has 3 rings (SSSR count). The lowest BCUT2D eigenvalue weighted by molar-refractivity contribution is -0.143. The van der Waals surface area contributed by atoms with Crippen LogP contribution in [0.2, 0.25) is 5.02 Å². The molecule has 1 aromatic rings. The third kappa shape index (κ3) is 4.89. The molecule has 0 radical (unpaired) electrons. The molecular weight excluding hydrogens is 401 g/mol. The van der Waals surface area contributed by atoms with Crippen LogP contribution < -0.4 is 14.8 Å². The maximum absolute atomic E-state index is 12.5. The van der Waals surface area contributed by atoms with Gasteiger partial charge in [-0.2, -0.15) is 13.2 Å². The topological polar surface area (TPSA) is 67.9 Å². The first-order chi connectivity index (χ1) is 13.2. The van der Waals surface area contributed by atoms with Crippen molar-refractivity contribution in [2.24, 2.45) is 0 Å². The minimum atomic E-state index is -4.50. The van der Waals surface area contributed by atoms with Crippen LogP contribution in [0, 0.1) is 0 Å². The van der Waals surface area contributed by atoms with E-state index in [1.165, 1.54) is 17.1 Å². The molecule has 1 atom stereocenters. The van der Waals surface area contributed by atoms with E-state index in [9.17, 15) is 22.8 Å². The fourth-order valence-corrected chi connectivity index (χ4v) is 3.37. The first-order valence-electron chi connectivity index (χ1n) is 8.67. The Balaban J connectivity index is 1.66. The lowest BCUT2D eigenvalue weighted by Gasteiger charge is -2.23. The van der Waals surface area contributed by atoms with Crippen LogP contribution in [-0.2, 0) is 9.59 Å². The van der Waals surface area contributed by atoms with E-state index in [4.69, 9.17) is 21.1 Å². The number of nitrogens with zero attached hydrogens (tertiary/aromatic N) is 1. The number of fused-ring (bicyclic) bond motifs is 1. The molecule has 1 unspecified atom stereocenters. The van der Waals surface area contributed by atoms with Gasteiger partial charge in [-0.25, -0.2) is 0 Å². The Morgan fingerprint density at radius 3 is 2.79 bits per heavy atom. The number of benzene rings is 1. The zero-order valence-electron chi connectivity index (χ0n) is 14.7. The highest BCUT2D eigenvalue weighted by Crippen LogP contribution is 2.38. The van der Waals surface area contributed by atoms with Crippen molar-refractivity contribution in [1.82, 2.24) is 10.2 Å². The number of carbonyl (C=O) groups excluding carboxylic acids is 2. The first kappa shape index (κ1) is 20.3. The molecule has 0 bridgehead atoms. The van der Waals surface area contributed by atoms with Crippen molar-refractivity contribution < 1.29 is 32.2 Å². The molecule has 2 aliphatic rings. The summed E-state index contributed by atoms with van der Waals surface area (Å²) in [5, 5.41) is 2.18. The maximum atomic E-state index is 12.5. The Morgan fingerprint density at radius 1 is 1.29 bits per heavy atom. The van der Waals surface area contributed by atoms with Gasteiger partial charge in [0.15, 0.2) is 11.5 Å². The molecule has 1 saturated heterocycles. The molecule has 28 heavy (non-hydrogen) atoms. The summed E-state index contributed by atoms with van der Waals surface area (Å²) < 4.78 is 47.7. The Hall–Kier alpha value is -2.42. The third-order valence-electron chi connectivity index (χ3n) is 4.34. The Kier molecular flexibility index (Phi) is 6.02. The Morgan fingerprint density at radius 2 is 2.04 bits per heavy atom. The second-order valence-corrected chi connectivity index (χ2v) is 6.79. The zero-order valence-corrected chi connectivity index (χ0v) is 15.5. The molecule has 152 valence electrons. The first-order valence-corrected chi connectivity index (χ1v) is 9.05. The minimum Gasteiger partial charge on any atom is -0.486 e. The predicted molar refractivity (Wildman–Crippen MR) is 95.3 cm³/mol. The van der Waals surface area contributed by atoms with Gasteiger partial charge in [-0.05, 0) is 36.6 Å². The van der Waals surface area contributed by atoms with Crippen LogP contribution in [0.4, 0.5) is 13.2 Å². The van der Waals surface area contributed by atoms with Crippen molar-refractivity contribution in [3.8, 4) is 11.5 Å². The highest BCUT2D eigenvalue weighted by molar-refractivity contribution is 6.32. The number of alkyl halides is 3. The molecule has 10 heteroatoms. The van der Waals surface area contributed by atoms with Crippen molar-refractivity contribution in [3.63, 3.8) is 0 Å². The van der Waals surface area contributed by atoms with Gasteiger partial charge in [0.2, 0.25) is 11.8 Å². The van der Waals surface area contributed by atoms with E-state index in [1.54, 1.807) is 12.1 Å².